The van der Waals surface area contributed by atoms with Crippen molar-refractivity contribution in [2.24, 2.45) is 16.6 Å². The third-order valence-electron chi connectivity index (χ3n) is 9.52. The van der Waals surface area contributed by atoms with Gasteiger partial charge >= 0.3 is 0 Å². The van der Waals surface area contributed by atoms with Gasteiger partial charge in [0.05, 0.1) is 0 Å². The molecule has 0 radical (unpaired) electrons. The number of piperazine rings is 1. The summed E-state index contributed by atoms with van der Waals surface area (Å²) in [6.07, 6.45) is 14.7. The summed E-state index contributed by atoms with van der Waals surface area (Å²) in [5, 5.41) is 10.9. The number of nitrogens with two attached hydrogens (primary N) is 1. The maximum atomic E-state index is 6.44. The van der Waals surface area contributed by atoms with Crippen molar-refractivity contribution in [3.63, 3.8) is 0 Å². The summed E-state index contributed by atoms with van der Waals surface area (Å²) in [5.74, 6) is 2.39. The first-order chi connectivity index (χ1) is 20.5. The number of rotatable bonds is 14. The molecule has 0 spiro atoms. The van der Waals surface area contributed by atoms with Gasteiger partial charge in [-0.1, -0.05) is 70.2 Å². The lowest BCUT2D eigenvalue weighted by molar-refractivity contribution is 0.139. The van der Waals surface area contributed by atoms with Gasteiger partial charge in [0.25, 0.3) is 0 Å². The topological polar surface area (TPSA) is 81.0 Å². The van der Waals surface area contributed by atoms with Crippen molar-refractivity contribution >= 4 is 5.84 Å². The number of benzene rings is 1. The number of allylic oxidation sites excluding steroid dienone is 2. The van der Waals surface area contributed by atoms with Gasteiger partial charge in [0, 0.05) is 70.0 Å². The molecule has 0 unspecified atom stereocenters. The van der Waals surface area contributed by atoms with E-state index in [4.69, 9.17) is 10.7 Å². The Labute approximate surface area is 256 Å². The van der Waals surface area contributed by atoms with Crippen LogP contribution in [-0.4, -0.2) is 67.5 Å². The highest BCUT2D eigenvalue weighted by Crippen LogP contribution is 2.23. The quantitative estimate of drug-likeness (QED) is 0.219. The monoisotopic (exact) mass is 577 g/mol. The molecule has 7 heteroatoms. The molecule has 0 bridgehead atoms. The predicted octanol–water partition coefficient (Wildman–Crippen LogP) is 5.50. The number of nitrogens with one attached hydrogen (secondary N) is 3. The van der Waals surface area contributed by atoms with Gasteiger partial charge in [0.1, 0.15) is 11.7 Å². The lowest BCUT2D eigenvalue weighted by Crippen LogP contribution is -2.47. The van der Waals surface area contributed by atoms with Crippen LogP contribution in [0.4, 0.5) is 0 Å². The molecule has 1 aromatic carbocycles. The van der Waals surface area contributed by atoms with E-state index in [9.17, 15) is 0 Å². The normalized spacial score (nSPS) is 23.7. The summed E-state index contributed by atoms with van der Waals surface area (Å²) in [4.78, 5) is 9.93. The SMILES string of the molecule is CCC(CC)CN1CCN(C2=C(\C)CC/C(NCc3ccc(CNCCCNC4CCCCC4)cc3)=N/C(N)=C\2)CC1. The van der Waals surface area contributed by atoms with Gasteiger partial charge in [0.2, 0.25) is 0 Å². The Kier molecular flexibility index (Phi) is 13.7. The van der Waals surface area contributed by atoms with E-state index in [0.717, 1.165) is 83.0 Å². The van der Waals surface area contributed by atoms with Crippen LogP contribution in [0.1, 0.15) is 96.1 Å². The Morgan fingerprint density at radius 2 is 1.60 bits per heavy atom. The predicted molar refractivity (Wildman–Crippen MR) is 178 cm³/mol. The highest BCUT2D eigenvalue weighted by molar-refractivity contribution is 5.83. The van der Waals surface area contributed by atoms with Crippen LogP contribution in [0.2, 0.25) is 0 Å². The molecule has 2 heterocycles. The summed E-state index contributed by atoms with van der Waals surface area (Å²) in [6.45, 7) is 16.4. The van der Waals surface area contributed by atoms with E-state index < -0.39 is 0 Å². The van der Waals surface area contributed by atoms with E-state index in [1.807, 2.05) is 0 Å². The van der Waals surface area contributed by atoms with E-state index >= 15 is 0 Å². The summed E-state index contributed by atoms with van der Waals surface area (Å²) in [6, 6.07) is 9.69. The number of nitrogens with zero attached hydrogens (tertiary/aromatic N) is 3. The van der Waals surface area contributed by atoms with Crippen LogP contribution in [-0.2, 0) is 13.1 Å². The Morgan fingerprint density at radius 1 is 0.905 bits per heavy atom. The third-order valence-corrected chi connectivity index (χ3v) is 9.52. The lowest BCUT2D eigenvalue weighted by atomic mass is 9.95. The minimum Gasteiger partial charge on any atom is -0.384 e. The molecule has 42 heavy (non-hydrogen) atoms. The first-order valence-electron chi connectivity index (χ1n) is 17.0. The molecule has 0 atom stereocenters. The summed E-state index contributed by atoms with van der Waals surface area (Å²) in [7, 11) is 0. The van der Waals surface area contributed by atoms with Crippen molar-refractivity contribution in [3.8, 4) is 0 Å². The molecule has 1 aromatic rings. The van der Waals surface area contributed by atoms with Crippen LogP contribution in [0.3, 0.4) is 0 Å². The van der Waals surface area contributed by atoms with E-state index in [1.165, 1.54) is 80.3 Å². The van der Waals surface area contributed by atoms with Crippen molar-refractivity contribution in [2.75, 3.05) is 45.8 Å². The zero-order valence-corrected chi connectivity index (χ0v) is 26.9. The fourth-order valence-electron chi connectivity index (χ4n) is 6.55. The summed E-state index contributed by atoms with van der Waals surface area (Å²) < 4.78 is 0. The smallest absolute Gasteiger partial charge is 0.127 e. The minimum atomic E-state index is 0.598. The van der Waals surface area contributed by atoms with Gasteiger partial charge in [-0.25, -0.2) is 4.99 Å². The molecule has 7 nitrogen and oxygen atoms in total. The maximum absolute atomic E-state index is 6.44. The largest absolute Gasteiger partial charge is 0.384 e. The van der Waals surface area contributed by atoms with Crippen molar-refractivity contribution < 1.29 is 0 Å². The van der Waals surface area contributed by atoms with Crippen LogP contribution in [0, 0.1) is 5.92 Å². The van der Waals surface area contributed by atoms with Gasteiger partial charge in [-0.3, -0.25) is 4.90 Å². The summed E-state index contributed by atoms with van der Waals surface area (Å²) in [5.41, 5.74) is 11.7. The average Bonchev–Trinajstić information content (AvgIpc) is 3.02. The fourth-order valence-corrected chi connectivity index (χ4v) is 6.55. The lowest BCUT2D eigenvalue weighted by Gasteiger charge is -2.39. The maximum Gasteiger partial charge on any atom is 0.127 e. The number of hydrogen-bond donors (Lipinski definition) is 4. The molecule has 1 saturated carbocycles. The Hall–Kier alpha value is -2.35. The summed E-state index contributed by atoms with van der Waals surface area (Å²) >= 11 is 0. The van der Waals surface area contributed by atoms with Gasteiger partial charge in [-0.15, -0.1) is 0 Å². The van der Waals surface area contributed by atoms with Crippen molar-refractivity contribution in [2.45, 2.75) is 104 Å². The molecule has 0 aromatic heterocycles. The van der Waals surface area contributed by atoms with Crippen LogP contribution >= 0.6 is 0 Å². The molecule has 0 amide bonds. The standard InChI is InChI=1S/C35H59N7/c1-4-29(5-2)27-41-20-22-42(23-21-41)33-24-34(36)40-35(17-12-28(33)3)39-26-31-15-13-30(14-16-31)25-37-18-9-19-38-32-10-7-6-8-11-32/h13-16,24,29,32,37-38H,4-12,17-23,25-27,36H2,1-3H3,(H,39,40)/b33-28+,34-24-. The average molecular weight is 578 g/mol. The van der Waals surface area contributed by atoms with Crippen LogP contribution in [0.5, 0.6) is 0 Å². The Morgan fingerprint density at radius 3 is 2.29 bits per heavy atom. The third kappa shape index (κ3) is 10.7. The van der Waals surface area contributed by atoms with Gasteiger partial charge in [-0.05, 0) is 68.3 Å². The Bertz CT molecular complexity index is 1010. The van der Waals surface area contributed by atoms with E-state index in [2.05, 4.69) is 76.9 Å². The zero-order valence-electron chi connectivity index (χ0n) is 26.9. The number of aliphatic imine (C=N–C) groups is 1. The van der Waals surface area contributed by atoms with Gasteiger partial charge < -0.3 is 26.6 Å². The van der Waals surface area contributed by atoms with Crippen LogP contribution in [0.15, 0.2) is 52.4 Å². The van der Waals surface area contributed by atoms with Gasteiger partial charge in [-0.2, -0.15) is 0 Å². The zero-order chi connectivity index (χ0) is 29.6. The molecule has 1 saturated heterocycles. The molecule has 3 aliphatic rings. The number of amidine groups is 1. The van der Waals surface area contributed by atoms with E-state index in [-0.39, 0.29) is 0 Å². The van der Waals surface area contributed by atoms with Crippen LogP contribution in [0.25, 0.3) is 0 Å². The first kappa shape index (κ1) is 32.6. The fraction of sp³-hybridized carbons (Fsp3) is 0.686. The molecule has 2 aliphatic heterocycles. The molecular weight excluding hydrogens is 518 g/mol. The van der Waals surface area contributed by atoms with Gasteiger partial charge in [0.15, 0.2) is 0 Å². The molecule has 4 rings (SSSR count). The molecular formula is C35H59N7. The highest BCUT2D eigenvalue weighted by atomic mass is 15.3. The number of hydrogen-bond acceptors (Lipinski definition) is 7. The molecule has 2 fully saturated rings. The second-order valence-electron chi connectivity index (χ2n) is 12.8. The molecule has 234 valence electrons. The first-order valence-corrected chi connectivity index (χ1v) is 17.0. The Balaban J connectivity index is 1.17. The van der Waals surface area contributed by atoms with Crippen molar-refractivity contribution in [1.29, 1.82) is 0 Å². The highest BCUT2D eigenvalue weighted by Gasteiger charge is 2.22. The van der Waals surface area contributed by atoms with Crippen molar-refractivity contribution in [3.05, 3.63) is 58.6 Å². The van der Waals surface area contributed by atoms with E-state index in [1.54, 1.807) is 0 Å². The second kappa shape index (κ2) is 17.7. The minimum absolute atomic E-state index is 0.598. The molecule has 1 aliphatic carbocycles. The van der Waals surface area contributed by atoms with E-state index in [0.29, 0.717) is 5.82 Å². The second-order valence-corrected chi connectivity index (χ2v) is 12.8. The molecule has 5 N–H and O–H groups in total. The van der Waals surface area contributed by atoms with Crippen LogP contribution < -0.4 is 21.7 Å². The van der Waals surface area contributed by atoms with Crippen molar-refractivity contribution in [1.82, 2.24) is 25.8 Å².